The largest absolute Gasteiger partial charge is 0.458 e. The molecule has 2 unspecified atom stereocenters. The Labute approximate surface area is 127 Å². The first-order chi connectivity index (χ1) is 9.41. The lowest BCUT2D eigenvalue weighted by molar-refractivity contribution is -0.516. The number of nitriles is 1. The predicted octanol–water partition coefficient (Wildman–Crippen LogP) is 4.28. The number of nitrogens with zero attached hydrogens (tertiary/aromatic N) is 1. The fraction of sp³-hybridized carbons (Fsp3) is 0.857. The van der Waals surface area contributed by atoms with Crippen LogP contribution < -0.4 is 0 Å². The molecule has 15 heteroatoms. The van der Waals surface area contributed by atoms with Gasteiger partial charge in [-0.1, -0.05) is 0 Å². The quantitative estimate of drug-likeness (QED) is 0.333. The molecule has 22 heavy (non-hydrogen) atoms. The second-order valence-electron chi connectivity index (χ2n) is 3.29. The Kier molecular flexibility index (Phi) is 5.93. The van der Waals surface area contributed by atoms with Crippen molar-refractivity contribution in [2.24, 2.45) is 0 Å². The van der Waals surface area contributed by atoms with Gasteiger partial charge in [-0.2, -0.15) is 53.6 Å². The second-order valence-corrected chi connectivity index (χ2v) is 4.64. The van der Waals surface area contributed by atoms with E-state index in [-0.39, 0.29) is 6.07 Å². The van der Waals surface area contributed by atoms with E-state index < -0.39 is 57.1 Å². The van der Waals surface area contributed by atoms with Gasteiger partial charge in [0.2, 0.25) is 0 Å². The number of rotatable bonds is 6. The maximum absolute atomic E-state index is 13.3. The molecule has 0 spiro atoms. The van der Waals surface area contributed by atoms with Crippen molar-refractivity contribution in [3.05, 3.63) is 0 Å². The van der Waals surface area contributed by atoms with E-state index in [2.05, 4.69) is 4.74 Å². The van der Waals surface area contributed by atoms with Gasteiger partial charge in [0.15, 0.2) is 0 Å². The van der Waals surface area contributed by atoms with E-state index in [4.69, 9.17) is 5.26 Å². The molecule has 0 aliphatic carbocycles. The van der Waals surface area contributed by atoms with E-state index in [1.54, 1.807) is 0 Å². The molecule has 0 radical (unpaired) electrons. The highest BCUT2D eigenvalue weighted by atomic mass is 127. The molecule has 0 rings (SSSR count). The van der Waals surface area contributed by atoms with Crippen LogP contribution in [0.2, 0.25) is 0 Å². The minimum absolute atomic E-state index is 0.142. The lowest BCUT2D eigenvalue weighted by Gasteiger charge is -2.36. The molecule has 0 heterocycles. The summed E-state index contributed by atoms with van der Waals surface area (Å²) in [4.78, 5) is 0. The standard InChI is InChI=1S/C7HF11INO2/c8-2(1-20)21-6(15,16)3(9,4(10,11)12)22-7(17,18)5(13,14)19/h2H. The van der Waals surface area contributed by atoms with Crippen LogP contribution in [0.1, 0.15) is 0 Å². The van der Waals surface area contributed by atoms with Gasteiger partial charge in [0, 0.05) is 22.6 Å². The molecular formula is C7HF11INO2. The lowest BCUT2D eigenvalue weighted by atomic mass is 10.2. The Balaban J connectivity index is 5.88. The number of alkyl halides is 12. The number of hydrogen-bond acceptors (Lipinski definition) is 3. The van der Waals surface area contributed by atoms with E-state index in [1.165, 1.54) is 0 Å². The molecule has 0 amide bonds. The molecule has 0 aromatic rings. The highest BCUT2D eigenvalue weighted by molar-refractivity contribution is 14.1. The van der Waals surface area contributed by atoms with E-state index in [9.17, 15) is 48.3 Å². The van der Waals surface area contributed by atoms with Gasteiger partial charge in [-0.3, -0.25) is 9.47 Å². The molecule has 0 aliphatic rings. The highest BCUT2D eigenvalue weighted by Crippen LogP contribution is 2.53. The molecule has 130 valence electrons. The van der Waals surface area contributed by atoms with Gasteiger partial charge in [-0.25, -0.2) is 0 Å². The third-order valence-electron chi connectivity index (χ3n) is 1.69. The van der Waals surface area contributed by atoms with Crippen LogP contribution in [0.3, 0.4) is 0 Å². The van der Waals surface area contributed by atoms with Gasteiger partial charge in [-0.05, 0) is 0 Å². The van der Waals surface area contributed by atoms with E-state index in [1.807, 2.05) is 4.74 Å². The summed E-state index contributed by atoms with van der Waals surface area (Å²) >= 11 is -0.506. The van der Waals surface area contributed by atoms with Crippen LogP contribution >= 0.6 is 22.6 Å². The summed E-state index contributed by atoms with van der Waals surface area (Å²) in [7, 11) is 0. The van der Waals surface area contributed by atoms with Gasteiger partial charge in [0.05, 0.1) is 0 Å². The van der Waals surface area contributed by atoms with Crippen LogP contribution in [0.4, 0.5) is 48.3 Å². The summed E-state index contributed by atoms with van der Waals surface area (Å²) in [5, 5.41) is 7.73. The van der Waals surface area contributed by atoms with Crippen LogP contribution in [-0.2, 0) is 9.47 Å². The number of ether oxygens (including phenoxy) is 2. The summed E-state index contributed by atoms with van der Waals surface area (Å²) in [6, 6.07) is 0.142. The zero-order chi connectivity index (χ0) is 18.2. The first-order valence-corrected chi connectivity index (χ1v) is 5.49. The maximum Gasteiger partial charge on any atom is 0.458 e. The van der Waals surface area contributed by atoms with Crippen molar-refractivity contribution in [3.8, 4) is 6.07 Å². The molecule has 3 nitrogen and oxygen atoms in total. The summed E-state index contributed by atoms with van der Waals surface area (Å²) < 4.78 is 137. The summed E-state index contributed by atoms with van der Waals surface area (Å²) in [6.45, 7) is 0. The Hall–Kier alpha value is -0.630. The number of halogens is 12. The summed E-state index contributed by atoms with van der Waals surface area (Å²) in [6.07, 6.45) is -23.9. The predicted molar refractivity (Wildman–Crippen MR) is 51.4 cm³/mol. The maximum atomic E-state index is 13.3. The van der Waals surface area contributed by atoms with Crippen molar-refractivity contribution in [1.29, 1.82) is 5.26 Å². The molecule has 0 aliphatic heterocycles. The average Bonchev–Trinajstić information content (AvgIpc) is 2.24. The Morgan fingerprint density at radius 3 is 1.55 bits per heavy atom. The average molecular weight is 467 g/mol. The van der Waals surface area contributed by atoms with Crippen molar-refractivity contribution >= 4 is 22.6 Å². The topological polar surface area (TPSA) is 42.2 Å². The highest BCUT2D eigenvalue weighted by Gasteiger charge is 2.80. The molecule has 2 atom stereocenters. The van der Waals surface area contributed by atoms with Crippen molar-refractivity contribution < 1.29 is 57.8 Å². The van der Waals surface area contributed by atoms with Crippen molar-refractivity contribution in [1.82, 2.24) is 0 Å². The molecule has 0 saturated carbocycles. The second kappa shape index (κ2) is 6.11. The Bertz CT molecular complexity index is 441. The van der Waals surface area contributed by atoms with Gasteiger partial charge in [0.25, 0.3) is 6.36 Å². The van der Waals surface area contributed by atoms with Gasteiger partial charge < -0.3 is 0 Å². The summed E-state index contributed by atoms with van der Waals surface area (Å²) in [5.74, 6) is -6.88. The Morgan fingerprint density at radius 2 is 1.27 bits per heavy atom. The molecule has 0 fully saturated rings. The van der Waals surface area contributed by atoms with Crippen LogP contribution in [0.5, 0.6) is 0 Å². The molecule has 0 bridgehead atoms. The van der Waals surface area contributed by atoms with Gasteiger partial charge >= 0.3 is 28.2 Å². The SMILES string of the molecule is N#CC(F)OC(F)(F)C(F)(OC(F)(F)C(F)(F)I)C(F)(F)F. The Morgan fingerprint density at radius 1 is 0.864 bits per heavy atom. The zero-order valence-electron chi connectivity index (χ0n) is 9.38. The van der Waals surface area contributed by atoms with Crippen molar-refractivity contribution in [3.63, 3.8) is 0 Å². The minimum Gasteiger partial charge on any atom is -0.267 e. The fourth-order valence-corrected chi connectivity index (χ4v) is 0.859. The summed E-state index contributed by atoms with van der Waals surface area (Å²) in [5.41, 5.74) is 0. The first kappa shape index (κ1) is 21.4. The van der Waals surface area contributed by atoms with Crippen LogP contribution in [-0.4, -0.2) is 34.5 Å². The van der Waals surface area contributed by atoms with Crippen molar-refractivity contribution in [2.45, 2.75) is 34.5 Å². The molecule has 0 N–H and O–H groups in total. The molecular weight excluding hydrogens is 466 g/mol. The van der Waals surface area contributed by atoms with Crippen LogP contribution in [0.15, 0.2) is 0 Å². The monoisotopic (exact) mass is 467 g/mol. The normalized spacial score (nSPS) is 18.5. The zero-order valence-corrected chi connectivity index (χ0v) is 11.5. The van der Waals surface area contributed by atoms with Gasteiger partial charge in [0.1, 0.15) is 6.07 Å². The van der Waals surface area contributed by atoms with E-state index >= 15 is 0 Å². The van der Waals surface area contributed by atoms with E-state index in [0.29, 0.717) is 0 Å². The van der Waals surface area contributed by atoms with Crippen molar-refractivity contribution in [2.75, 3.05) is 0 Å². The smallest absolute Gasteiger partial charge is 0.267 e. The van der Waals surface area contributed by atoms with E-state index in [0.717, 1.165) is 0 Å². The molecule has 0 aromatic heterocycles. The first-order valence-electron chi connectivity index (χ1n) is 4.41. The molecule has 0 aromatic carbocycles. The third kappa shape index (κ3) is 4.22. The lowest BCUT2D eigenvalue weighted by Crippen LogP contribution is -2.63. The van der Waals surface area contributed by atoms with Crippen LogP contribution in [0, 0.1) is 11.3 Å². The van der Waals surface area contributed by atoms with Crippen LogP contribution in [0.25, 0.3) is 0 Å². The third-order valence-corrected chi connectivity index (χ3v) is 2.32. The fourth-order valence-electron chi connectivity index (χ4n) is 0.749. The number of hydrogen-bond donors (Lipinski definition) is 0. The van der Waals surface area contributed by atoms with Gasteiger partial charge in [-0.15, -0.1) is 0 Å². The minimum atomic E-state index is -7.06. The molecule has 0 saturated heterocycles.